The highest BCUT2D eigenvalue weighted by atomic mass is 35.5. The number of carbonyl (C=O) groups excluding carboxylic acids is 1. The lowest BCUT2D eigenvalue weighted by Crippen LogP contribution is -2.39. The van der Waals surface area contributed by atoms with E-state index in [0.29, 0.717) is 12.2 Å². The van der Waals surface area contributed by atoms with Crippen molar-refractivity contribution in [3.05, 3.63) is 34.6 Å². The maximum Gasteiger partial charge on any atom is 0.166 e. The number of Topliss-reactive ketones (excluding diaryl/α,β-unsaturated/α-hetero) is 1. The van der Waals surface area contributed by atoms with Crippen molar-refractivity contribution in [2.45, 2.75) is 44.1 Å². The van der Waals surface area contributed by atoms with Gasteiger partial charge in [0.2, 0.25) is 0 Å². The number of halogens is 2. The van der Waals surface area contributed by atoms with Crippen LogP contribution in [0.5, 0.6) is 0 Å². The zero-order valence-corrected chi connectivity index (χ0v) is 12.1. The third-order valence-corrected chi connectivity index (χ3v) is 4.87. The van der Waals surface area contributed by atoms with Gasteiger partial charge in [0, 0.05) is 18.1 Å². The molecule has 4 heteroatoms. The van der Waals surface area contributed by atoms with Crippen LogP contribution in [-0.4, -0.2) is 18.0 Å². The third-order valence-electron chi connectivity index (χ3n) is 4.58. The standard InChI is InChI=1S/C16H18ClFO2/c17-13-9-11(3-4-14(13)18)15(19)12-5-8-20-16(10-12)6-1-2-7-16/h3-4,9,12H,1-2,5-8,10H2. The van der Waals surface area contributed by atoms with E-state index < -0.39 is 5.82 Å². The number of benzene rings is 1. The van der Waals surface area contributed by atoms with Crippen LogP contribution in [0.15, 0.2) is 18.2 Å². The Kier molecular flexibility index (Phi) is 3.83. The fourth-order valence-electron chi connectivity index (χ4n) is 3.50. The van der Waals surface area contributed by atoms with Gasteiger partial charge in [0.1, 0.15) is 5.82 Å². The van der Waals surface area contributed by atoms with Crippen molar-refractivity contribution in [3.8, 4) is 0 Å². The average molecular weight is 297 g/mol. The lowest BCUT2D eigenvalue weighted by Gasteiger charge is -2.37. The van der Waals surface area contributed by atoms with Gasteiger partial charge in [-0.3, -0.25) is 4.79 Å². The summed E-state index contributed by atoms with van der Waals surface area (Å²) >= 11 is 5.77. The molecule has 1 aliphatic heterocycles. The number of carbonyl (C=O) groups is 1. The van der Waals surface area contributed by atoms with Gasteiger partial charge in [0.15, 0.2) is 5.78 Å². The second-order valence-corrected chi connectivity index (χ2v) is 6.33. The molecular weight excluding hydrogens is 279 g/mol. The molecule has 3 rings (SSSR count). The highest BCUT2D eigenvalue weighted by Gasteiger charge is 2.42. The van der Waals surface area contributed by atoms with E-state index in [0.717, 1.165) is 25.7 Å². The zero-order valence-electron chi connectivity index (χ0n) is 11.3. The third kappa shape index (κ3) is 2.61. The van der Waals surface area contributed by atoms with E-state index in [1.165, 1.54) is 31.0 Å². The SMILES string of the molecule is O=C(c1ccc(F)c(Cl)c1)C1CCOC2(CCCC2)C1. The first-order valence-corrected chi connectivity index (χ1v) is 7.61. The van der Waals surface area contributed by atoms with Crippen LogP contribution in [0.2, 0.25) is 5.02 Å². The van der Waals surface area contributed by atoms with Crippen molar-refractivity contribution in [1.82, 2.24) is 0 Å². The first kappa shape index (κ1) is 14.0. The van der Waals surface area contributed by atoms with Gasteiger partial charge in [-0.15, -0.1) is 0 Å². The molecule has 1 aromatic carbocycles. The molecule has 1 aromatic rings. The van der Waals surface area contributed by atoms with Crippen molar-refractivity contribution in [2.75, 3.05) is 6.61 Å². The number of hydrogen-bond donors (Lipinski definition) is 0. The van der Waals surface area contributed by atoms with Gasteiger partial charge in [-0.1, -0.05) is 24.4 Å². The van der Waals surface area contributed by atoms with Gasteiger partial charge in [-0.25, -0.2) is 4.39 Å². The molecule has 1 heterocycles. The Balaban J connectivity index is 1.77. The van der Waals surface area contributed by atoms with Gasteiger partial charge in [-0.05, 0) is 43.9 Å². The van der Waals surface area contributed by atoms with Crippen LogP contribution in [0, 0.1) is 11.7 Å². The Labute approximate surface area is 123 Å². The largest absolute Gasteiger partial charge is 0.375 e. The highest BCUT2D eigenvalue weighted by Crippen LogP contribution is 2.42. The molecule has 0 N–H and O–H groups in total. The second kappa shape index (κ2) is 5.45. The van der Waals surface area contributed by atoms with E-state index in [2.05, 4.69) is 0 Å². The lowest BCUT2D eigenvalue weighted by molar-refractivity contribution is -0.0866. The van der Waals surface area contributed by atoms with E-state index in [9.17, 15) is 9.18 Å². The van der Waals surface area contributed by atoms with Crippen LogP contribution in [0.4, 0.5) is 4.39 Å². The van der Waals surface area contributed by atoms with E-state index in [4.69, 9.17) is 16.3 Å². The minimum absolute atomic E-state index is 0.0125. The summed E-state index contributed by atoms with van der Waals surface area (Å²) in [5, 5.41) is 0.0125. The summed E-state index contributed by atoms with van der Waals surface area (Å²) in [5.41, 5.74) is 0.430. The van der Waals surface area contributed by atoms with Crippen molar-refractivity contribution in [1.29, 1.82) is 0 Å². The topological polar surface area (TPSA) is 26.3 Å². The van der Waals surface area contributed by atoms with Crippen molar-refractivity contribution in [2.24, 2.45) is 5.92 Å². The lowest BCUT2D eigenvalue weighted by atomic mass is 9.81. The first-order chi connectivity index (χ1) is 9.60. The molecule has 1 saturated heterocycles. The number of ether oxygens (including phenoxy) is 1. The molecule has 20 heavy (non-hydrogen) atoms. The fraction of sp³-hybridized carbons (Fsp3) is 0.562. The molecule has 2 fully saturated rings. The maximum atomic E-state index is 13.2. The highest BCUT2D eigenvalue weighted by molar-refractivity contribution is 6.31. The summed E-state index contributed by atoms with van der Waals surface area (Å²) in [4.78, 5) is 12.6. The van der Waals surface area contributed by atoms with Gasteiger partial charge in [-0.2, -0.15) is 0 Å². The number of ketones is 1. The minimum atomic E-state index is -0.484. The smallest absolute Gasteiger partial charge is 0.166 e. The Morgan fingerprint density at radius 3 is 2.80 bits per heavy atom. The first-order valence-electron chi connectivity index (χ1n) is 7.23. The molecule has 0 amide bonds. The van der Waals surface area contributed by atoms with E-state index in [1.54, 1.807) is 0 Å². The van der Waals surface area contributed by atoms with Crippen molar-refractivity contribution in [3.63, 3.8) is 0 Å². The maximum absolute atomic E-state index is 13.2. The van der Waals surface area contributed by atoms with Crippen LogP contribution in [0.1, 0.15) is 48.9 Å². The molecule has 1 aliphatic carbocycles. The Bertz CT molecular complexity index is 523. The van der Waals surface area contributed by atoms with Crippen LogP contribution >= 0.6 is 11.6 Å². The summed E-state index contributed by atoms with van der Waals surface area (Å²) in [6.07, 6.45) is 6.02. The molecule has 2 aliphatic rings. The normalized spacial score (nSPS) is 25.0. The van der Waals surface area contributed by atoms with Gasteiger partial charge >= 0.3 is 0 Å². The summed E-state index contributed by atoms with van der Waals surface area (Å²) < 4.78 is 19.1. The minimum Gasteiger partial charge on any atom is -0.375 e. The molecule has 0 radical (unpaired) electrons. The Morgan fingerprint density at radius 2 is 2.10 bits per heavy atom. The Hall–Kier alpha value is -0.930. The predicted molar refractivity (Wildman–Crippen MR) is 75.6 cm³/mol. The van der Waals surface area contributed by atoms with Gasteiger partial charge in [0.05, 0.1) is 10.6 Å². The molecular formula is C16H18ClFO2. The van der Waals surface area contributed by atoms with Crippen molar-refractivity contribution < 1.29 is 13.9 Å². The van der Waals surface area contributed by atoms with E-state index >= 15 is 0 Å². The molecule has 0 aromatic heterocycles. The quantitative estimate of drug-likeness (QED) is 0.756. The van der Waals surface area contributed by atoms with E-state index in [1.807, 2.05) is 0 Å². The predicted octanol–water partition coefficient (Wildman–Crippen LogP) is 4.40. The molecule has 1 saturated carbocycles. The summed E-state index contributed by atoms with van der Waals surface area (Å²) in [6, 6.07) is 4.23. The van der Waals surface area contributed by atoms with Gasteiger partial charge < -0.3 is 4.74 Å². The average Bonchev–Trinajstić information content (AvgIpc) is 2.89. The molecule has 1 unspecified atom stereocenters. The number of hydrogen-bond acceptors (Lipinski definition) is 2. The molecule has 2 nitrogen and oxygen atoms in total. The molecule has 1 spiro atoms. The molecule has 108 valence electrons. The van der Waals surface area contributed by atoms with Crippen LogP contribution in [0.25, 0.3) is 0 Å². The van der Waals surface area contributed by atoms with Crippen LogP contribution in [-0.2, 0) is 4.74 Å². The second-order valence-electron chi connectivity index (χ2n) is 5.92. The summed E-state index contributed by atoms with van der Waals surface area (Å²) in [5.74, 6) is -0.438. The monoisotopic (exact) mass is 296 g/mol. The van der Waals surface area contributed by atoms with Crippen LogP contribution < -0.4 is 0 Å². The Morgan fingerprint density at radius 1 is 1.35 bits per heavy atom. The van der Waals surface area contributed by atoms with Gasteiger partial charge in [0.25, 0.3) is 0 Å². The summed E-state index contributed by atoms with van der Waals surface area (Å²) in [7, 11) is 0. The number of rotatable bonds is 2. The molecule has 0 bridgehead atoms. The van der Waals surface area contributed by atoms with Crippen molar-refractivity contribution >= 4 is 17.4 Å². The fourth-order valence-corrected chi connectivity index (χ4v) is 3.68. The molecule has 1 atom stereocenters. The zero-order chi connectivity index (χ0) is 14.2. The summed E-state index contributed by atoms with van der Waals surface area (Å²) in [6.45, 7) is 0.644. The van der Waals surface area contributed by atoms with Crippen LogP contribution in [0.3, 0.4) is 0 Å². The van der Waals surface area contributed by atoms with E-state index in [-0.39, 0.29) is 22.3 Å².